The molecule has 116 valence electrons. The molecule has 1 aromatic carbocycles. The number of benzene rings is 1. The highest BCUT2D eigenvalue weighted by molar-refractivity contribution is 5.93. The zero-order valence-corrected chi connectivity index (χ0v) is 12.9. The van der Waals surface area contributed by atoms with Gasteiger partial charge in [-0.05, 0) is 12.8 Å². The summed E-state index contributed by atoms with van der Waals surface area (Å²) in [5.41, 5.74) is 7.50. The fourth-order valence-electron chi connectivity index (χ4n) is 2.68. The summed E-state index contributed by atoms with van der Waals surface area (Å²) in [4.78, 5) is 20.7. The maximum Gasteiger partial charge on any atom is 0.229 e. The minimum Gasteiger partial charge on any atom is -0.327 e. The number of hydrogen-bond donors (Lipinski definition) is 2. The Kier molecular flexibility index (Phi) is 5.46. The van der Waals surface area contributed by atoms with Crippen molar-refractivity contribution in [3.05, 3.63) is 42.7 Å². The first-order valence-corrected chi connectivity index (χ1v) is 7.18. The zero-order valence-electron chi connectivity index (χ0n) is 12.1. The van der Waals surface area contributed by atoms with Crippen molar-refractivity contribution in [3.8, 4) is 11.4 Å². The van der Waals surface area contributed by atoms with Crippen molar-refractivity contribution in [1.82, 2.24) is 9.97 Å². The zero-order chi connectivity index (χ0) is 14.7. The van der Waals surface area contributed by atoms with Gasteiger partial charge in [0.2, 0.25) is 5.91 Å². The molecule has 1 saturated carbocycles. The van der Waals surface area contributed by atoms with Gasteiger partial charge in [0.05, 0.1) is 24.0 Å². The van der Waals surface area contributed by atoms with Crippen LogP contribution in [-0.2, 0) is 4.79 Å². The van der Waals surface area contributed by atoms with E-state index in [0.717, 1.165) is 24.8 Å². The Morgan fingerprint density at radius 3 is 2.41 bits per heavy atom. The molecule has 2 unspecified atom stereocenters. The molecule has 1 fully saturated rings. The van der Waals surface area contributed by atoms with Gasteiger partial charge in [-0.15, -0.1) is 12.4 Å². The van der Waals surface area contributed by atoms with Crippen LogP contribution in [0, 0.1) is 5.92 Å². The molecule has 3 N–H and O–H groups in total. The number of aromatic nitrogens is 2. The van der Waals surface area contributed by atoms with E-state index in [4.69, 9.17) is 5.73 Å². The molecule has 1 aliphatic rings. The van der Waals surface area contributed by atoms with Crippen LogP contribution in [-0.4, -0.2) is 21.9 Å². The Hall–Kier alpha value is -1.98. The van der Waals surface area contributed by atoms with Crippen LogP contribution >= 0.6 is 12.4 Å². The normalized spacial score (nSPS) is 20.2. The summed E-state index contributed by atoms with van der Waals surface area (Å²) in [6.45, 7) is 0. The molecule has 1 aromatic heterocycles. The number of carbonyl (C=O) groups excluding carboxylic acids is 1. The minimum atomic E-state index is -0.0983. The number of carbonyl (C=O) groups is 1. The van der Waals surface area contributed by atoms with Crippen molar-refractivity contribution in [1.29, 1.82) is 0 Å². The van der Waals surface area contributed by atoms with E-state index in [2.05, 4.69) is 15.3 Å². The fourth-order valence-corrected chi connectivity index (χ4v) is 2.68. The minimum absolute atomic E-state index is 0. The van der Waals surface area contributed by atoms with E-state index < -0.39 is 0 Å². The molecule has 0 spiro atoms. The van der Waals surface area contributed by atoms with Gasteiger partial charge in [-0.2, -0.15) is 0 Å². The quantitative estimate of drug-likeness (QED) is 0.911. The Labute approximate surface area is 135 Å². The van der Waals surface area contributed by atoms with E-state index >= 15 is 0 Å². The maximum atomic E-state index is 12.1. The third-order valence-electron chi connectivity index (χ3n) is 3.86. The lowest BCUT2D eigenvalue weighted by Gasteiger charge is -2.14. The second-order valence-electron chi connectivity index (χ2n) is 5.35. The molecule has 2 aromatic rings. The van der Waals surface area contributed by atoms with Gasteiger partial charge in [-0.1, -0.05) is 36.8 Å². The van der Waals surface area contributed by atoms with E-state index in [1.165, 1.54) is 0 Å². The second kappa shape index (κ2) is 7.33. The predicted molar refractivity (Wildman–Crippen MR) is 88.7 cm³/mol. The molecule has 2 atom stereocenters. The molecule has 5 nitrogen and oxygen atoms in total. The Morgan fingerprint density at radius 2 is 1.82 bits per heavy atom. The van der Waals surface area contributed by atoms with Crippen LogP contribution in [0.1, 0.15) is 19.3 Å². The SMILES string of the molecule is Cl.NC1CCCC1C(=O)Nc1cnc(-c2ccccc2)nc1. The molecule has 1 aliphatic carbocycles. The number of anilines is 1. The average Bonchev–Trinajstić information content (AvgIpc) is 2.95. The molecule has 0 aliphatic heterocycles. The van der Waals surface area contributed by atoms with Crippen molar-refractivity contribution >= 4 is 24.0 Å². The van der Waals surface area contributed by atoms with Gasteiger partial charge < -0.3 is 11.1 Å². The summed E-state index contributed by atoms with van der Waals surface area (Å²) in [7, 11) is 0. The molecular weight excluding hydrogens is 300 g/mol. The molecule has 1 heterocycles. The highest BCUT2D eigenvalue weighted by Crippen LogP contribution is 2.25. The molecule has 22 heavy (non-hydrogen) atoms. The highest BCUT2D eigenvalue weighted by atomic mass is 35.5. The molecule has 0 saturated heterocycles. The summed E-state index contributed by atoms with van der Waals surface area (Å²) in [6, 6.07) is 9.69. The van der Waals surface area contributed by atoms with E-state index in [9.17, 15) is 4.79 Å². The number of nitrogens with two attached hydrogens (primary N) is 1. The first-order chi connectivity index (χ1) is 10.2. The lowest BCUT2D eigenvalue weighted by Crippen LogP contribution is -2.34. The standard InChI is InChI=1S/C16H18N4O.ClH/c17-14-8-4-7-13(14)16(21)20-12-9-18-15(19-10-12)11-5-2-1-3-6-11;/h1-3,5-6,9-10,13-14H,4,7-8,17H2,(H,20,21);1H. The molecular formula is C16H19ClN4O. The van der Waals surface area contributed by atoms with Gasteiger partial charge in [-0.25, -0.2) is 9.97 Å². The third-order valence-corrected chi connectivity index (χ3v) is 3.86. The van der Waals surface area contributed by atoms with E-state index in [1.54, 1.807) is 12.4 Å². The van der Waals surface area contributed by atoms with Gasteiger partial charge in [-0.3, -0.25) is 4.79 Å². The summed E-state index contributed by atoms with van der Waals surface area (Å²) >= 11 is 0. The van der Waals surface area contributed by atoms with Crippen LogP contribution in [0.4, 0.5) is 5.69 Å². The average molecular weight is 319 g/mol. The van der Waals surface area contributed by atoms with Crippen molar-refractivity contribution < 1.29 is 4.79 Å². The first-order valence-electron chi connectivity index (χ1n) is 7.18. The molecule has 3 rings (SSSR count). The number of rotatable bonds is 3. The Bertz CT molecular complexity index is 618. The van der Waals surface area contributed by atoms with Crippen molar-refractivity contribution in [3.63, 3.8) is 0 Å². The topological polar surface area (TPSA) is 80.9 Å². The van der Waals surface area contributed by atoms with Crippen LogP contribution in [0.5, 0.6) is 0 Å². The molecule has 6 heteroatoms. The second-order valence-corrected chi connectivity index (χ2v) is 5.35. The summed E-state index contributed by atoms with van der Waals surface area (Å²) in [6.07, 6.45) is 6.06. The first kappa shape index (κ1) is 16.4. The number of nitrogens with zero attached hydrogens (tertiary/aromatic N) is 2. The Morgan fingerprint density at radius 1 is 1.14 bits per heavy atom. The van der Waals surface area contributed by atoms with Gasteiger partial charge in [0.1, 0.15) is 0 Å². The van der Waals surface area contributed by atoms with E-state index in [1.807, 2.05) is 30.3 Å². The molecule has 0 bridgehead atoms. The molecule has 0 radical (unpaired) electrons. The number of nitrogens with one attached hydrogen (secondary N) is 1. The van der Waals surface area contributed by atoms with Crippen LogP contribution in [0.2, 0.25) is 0 Å². The summed E-state index contributed by atoms with van der Waals surface area (Å²) in [5.74, 6) is 0.515. The van der Waals surface area contributed by atoms with Crippen molar-refractivity contribution in [2.24, 2.45) is 11.7 Å². The van der Waals surface area contributed by atoms with Gasteiger partial charge >= 0.3 is 0 Å². The van der Waals surface area contributed by atoms with Crippen molar-refractivity contribution in [2.45, 2.75) is 25.3 Å². The maximum absolute atomic E-state index is 12.1. The summed E-state index contributed by atoms with van der Waals surface area (Å²) in [5, 5.41) is 2.85. The smallest absolute Gasteiger partial charge is 0.229 e. The van der Waals surface area contributed by atoms with E-state index in [-0.39, 0.29) is 30.3 Å². The number of halogens is 1. The van der Waals surface area contributed by atoms with Crippen molar-refractivity contribution in [2.75, 3.05) is 5.32 Å². The number of amides is 1. The lowest BCUT2D eigenvalue weighted by molar-refractivity contribution is -0.120. The van der Waals surface area contributed by atoms with E-state index in [0.29, 0.717) is 11.5 Å². The van der Waals surface area contributed by atoms with Gasteiger partial charge in [0.25, 0.3) is 0 Å². The monoisotopic (exact) mass is 318 g/mol. The van der Waals surface area contributed by atoms with Crippen LogP contribution in [0.25, 0.3) is 11.4 Å². The van der Waals surface area contributed by atoms with Crippen LogP contribution < -0.4 is 11.1 Å². The highest BCUT2D eigenvalue weighted by Gasteiger charge is 2.30. The number of hydrogen-bond acceptors (Lipinski definition) is 4. The fraction of sp³-hybridized carbons (Fsp3) is 0.312. The van der Waals surface area contributed by atoms with Crippen LogP contribution in [0.15, 0.2) is 42.7 Å². The van der Waals surface area contributed by atoms with Crippen LogP contribution in [0.3, 0.4) is 0 Å². The summed E-state index contributed by atoms with van der Waals surface area (Å²) < 4.78 is 0. The third kappa shape index (κ3) is 3.61. The largest absolute Gasteiger partial charge is 0.327 e. The van der Waals surface area contributed by atoms with Gasteiger partial charge in [0.15, 0.2) is 5.82 Å². The Balaban J connectivity index is 0.00000176. The molecule has 1 amide bonds. The van der Waals surface area contributed by atoms with Gasteiger partial charge in [0, 0.05) is 11.6 Å². The lowest BCUT2D eigenvalue weighted by atomic mass is 10.0. The predicted octanol–water partition coefficient (Wildman–Crippen LogP) is 2.63.